The zero-order valence-electron chi connectivity index (χ0n) is 11.7. The predicted molar refractivity (Wildman–Crippen MR) is 79.9 cm³/mol. The summed E-state index contributed by atoms with van der Waals surface area (Å²) >= 11 is 0. The first-order chi connectivity index (χ1) is 8.72. The van der Waals surface area contributed by atoms with Crippen molar-refractivity contribution in [2.45, 2.75) is 32.7 Å². The second kappa shape index (κ2) is 7.79. The van der Waals surface area contributed by atoms with Gasteiger partial charge in [-0.2, -0.15) is 0 Å². The van der Waals surface area contributed by atoms with Crippen LogP contribution < -0.4 is 10.2 Å². The van der Waals surface area contributed by atoms with E-state index in [4.69, 9.17) is 6.42 Å². The molecule has 0 saturated heterocycles. The van der Waals surface area contributed by atoms with Gasteiger partial charge in [-0.3, -0.25) is 0 Å². The first-order valence-corrected chi connectivity index (χ1v) is 6.70. The van der Waals surface area contributed by atoms with E-state index in [0.717, 1.165) is 13.0 Å². The van der Waals surface area contributed by atoms with Crippen LogP contribution in [-0.2, 0) is 0 Å². The van der Waals surface area contributed by atoms with Crippen molar-refractivity contribution in [3.05, 3.63) is 29.8 Å². The topological polar surface area (TPSA) is 15.3 Å². The number of hydrogen-bond donors (Lipinski definition) is 1. The molecular weight excluding hydrogens is 220 g/mol. The summed E-state index contributed by atoms with van der Waals surface area (Å²) in [6.07, 6.45) is 7.60. The van der Waals surface area contributed by atoms with E-state index in [-0.39, 0.29) is 0 Å². The first kappa shape index (κ1) is 14.6. The molecule has 0 aliphatic rings. The van der Waals surface area contributed by atoms with Crippen LogP contribution >= 0.6 is 0 Å². The highest BCUT2D eigenvalue weighted by atomic mass is 15.1. The van der Waals surface area contributed by atoms with E-state index in [1.54, 1.807) is 0 Å². The van der Waals surface area contributed by atoms with Gasteiger partial charge in [0.05, 0.1) is 6.54 Å². The average Bonchev–Trinajstić information content (AvgIpc) is 2.40. The average molecular weight is 244 g/mol. The molecule has 1 N–H and O–H groups in total. The molecule has 2 heteroatoms. The van der Waals surface area contributed by atoms with Crippen molar-refractivity contribution in [3.8, 4) is 12.3 Å². The van der Waals surface area contributed by atoms with Gasteiger partial charge in [-0.1, -0.05) is 31.9 Å². The van der Waals surface area contributed by atoms with E-state index in [2.05, 4.69) is 54.3 Å². The minimum Gasteiger partial charge on any atom is -0.363 e. The third-order valence-electron chi connectivity index (χ3n) is 3.11. The van der Waals surface area contributed by atoms with Crippen LogP contribution in [0.1, 0.15) is 38.3 Å². The molecule has 0 aliphatic carbocycles. The second-order valence-corrected chi connectivity index (χ2v) is 4.57. The summed E-state index contributed by atoms with van der Waals surface area (Å²) in [5, 5.41) is 3.56. The van der Waals surface area contributed by atoms with Crippen LogP contribution in [0.2, 0.25) is 0 Å². The summed E-state index contributed by atoms with van der Waals surface area (Å²) in [5.74, 6) is 2.66. The van der Waals surface area contributed by atoms with Gasteiger partial charge in [0.15, 0.2) is 0 Å². The summed E-state index contributed by atoms with van der Waals surface area (Å²) < 4.78 is 0. The molecule has 0 heterocycles. The number of nitrogens with one attached hydrogen (secondary N) is 1. The van der Waals surface area contributed by atoms with Crippen molar-refractivity contribution in [2.75, 3.05) is 25.0 Å². The Morgan fingerprint density at radius 2 is 1.94 bits per heavy atom. The van der Waals surface area contributed by atoms with Crippen molar-refractivity contribution >= 4 is 5.69 Å². The number of hydrogen-bond acceptors (Lipinski definition) is 2. The van der Waals surface area contributed by atoms with Gasteiger partial charge in [0.2, 0.25) is 0 Å². The number of benzene rings is 1. The Balaban J connectivity index is 2.71. The Kier molecular flexibility index (Phi) is 6.32. The molecule has 0 aliphatic heterocycles. The van der Waals surface area contributed by atoms with Gasteiger partial charge in [-0.05, 0) is 37.1 Å². The van der Waals surface area contributed by atoms with Crippen LogP contribution in [0.3, 0.4) is 0 Å². The third-order valence-corrected chi connectivity index (χ3v) is 3.11. The lowest BCUT2D eigenvalue weighted by molar-refractivity contribution is 0.518. The monoisotopic (exact) mass is 244 g/mol. The number of rotatable bonds is 7. The lowest BCUT2D eigenvalue weighted by atomic mass is 10.0. The largest absolute Gasteiger partial charge is 0.363 e. The van der Waals surface area contributed by atoms with Gasteiger partial charge >= 0.3 is 0 Å². The zero-order valence-corrected chi connectivity index (χ0v) is 11.7. The van der Waals surface area contributed by atoms with Crippen molar-refractivity contribution in [1.82, 2.24) is 5.32 Å². The fourth-order valence-corrected chi connectivity index (χ4v) is 2.01. The Morgan fingerprint density at radius 3 is 2.44 bits per heavy atom. The second-order valence-electron chi connectivity index (χ2n) is 4.57. The smallest absolute Gasteiger partial charge is 0.0788 e. The molecule has 2 nitrogen and oxygen atoms in total. The molecule has 0 amide bonds. The Morgan fingerprint density at radius 1 is 1.28 bits per heavy atom. The highest BCUT2D eigenvalue weighted by Crippen LogP contribution is 2.20. The Bertz CT molecular complexity index is 375. The van der Waals surface area contributed by atoms with Crippen LogP contribution in [-0.4, -0.2) is 20.1 Å². The van der Waals surface area contributed by atoms with Gasteiger partial charge in [0.25, 0.3) is 0 Å². The summed E-state index contributed by atoms with van der Waals surface area (Å²) in [6, 6.07) is 9.13. The minimum absolute atomic E-state index is 0.455. The van der Waals surface area contributed by atoms with Crippen LogP contribution in [0.4, 0.5) is 5.69 Å². The van der Waals surface area contributed by atoms with Crippen LogP contribution in [0.25, 0.3) is 0 Å². The van der Waals surface area contributed by atoms with Gasteiger partial charge in [0, 0.05) is 18.8 Å². The Labute approximate surface area is 111 Å². The number of anilines is 1. The van der Waals surface area contributed by atoms with Crippen LogP contribution in [0.5, 0.6) is 0 Å². The predicted octanol–water partition coefficient (Wildman–Crippen LogP) is 3.21. The summed E-state index contributed by atoms with van der Waals surface area (Å²) in [7, 11) is 2.02. The standard InChI is InChI=1S/C16H24N2/c1-5-12-17-16(7-3)14-8-10-15(11-9-14)18(4)13-6-2/h2,8-11,16-17H,5,7,12-13H2,1,3-4H3. The quantitative estimate of drug-likeness (QED) is 0.741. The SMILES string of the molecule is C#CCN(C)c1ccc(C(CC)NCCC)cc1. The summed E-state index contributed by atoms with van der Waals surface area (Å²) in [5.41, 5.74) is 2.52. The molecule has 1 rings (SSSR count). The maximum Gasteiger partial charge on any atom is 0.0788 e. The number of terminal acetylenes is 1. The van der Waals surface area contributed by atoms with Crippen LogP contribution in [0, 0.1) is 12.3 Å². The summed E-state index contributed by atoms with van der Waals surface area (Å²) in [6.45, 7) is 6.12. The molecule has 0 radical (unpaired) electrons. The lowest BCUT2D eigenvalue weighted by Gasteiger charge is -2.20. The van der Waals surface area contributed by atoms with Gasteiger partial charge in [-0.25, -0.2) is 0 Å². The molecule has 0 bridgehead atoms. The number of nitrogens with zero attached hydrogens (tertiary/aromatic N) is 1. The molecule has 1 aromatic carbocycles. The highest BCUT2D eigenvalue weighted by Gasteiger charge is 2.08. The zero-order chi connectivity index (χ0) is 13.4. The molecule has 1 aromatic rings. The van der Waals surface area contributed by atoms with Crippen molar-refractivity contribution in [2.24, 2.45) is 0 Å². The van der Waals surface area contributed by atoms with Gasteiger partial charge in [0.1, 0.15) is 0 Å². The highest BCUT2D eigenvalue weighted by molar-refractivity contribution is 5.48. The normalized spacial score (nSPS) is 11.9. The van der Waals surface area contributed by atoms with E-state index in [1.165, 1.54) is 17.7 Å². The molecule has 1 unspecified atom stereocenters. The van der Waals surface area contributed by atoms with E-state index in [1.807, 2.05) is 7.05 Å². The molecule has 98 valence electrons. The van der Waals surface area contributed by atoms with Crippen molar-refractivity contribution < 1.29 is 0 Å². The lowest BCUT2D eigenvalue weighted by Crippen LogP contribution is -2.21. The molecule has 1 atom stereocenters. The van der Waals surface area contributed by atoms with Crippen molar-refractivity contribution in [1.29, 1.82) is 0 Å². The van der Waals surface area contributed by atoms with E-state index >= 15 is 0 Å². The van der Waals surface area contributed by atoms with Crippen LogP contribution in [0.15, 0.2) is 24.3 Å². The van der Waals surface area contributed by atoms with Gasteiger partial charge in [-0.15, -0.1) is 6.42 Å². The molecule has 0 aromatic heterocycles. The fraction of sp³-hybridized carbons (Fsp3) is 0.500. The Hall–Kier alpha value is -1.46. The fourth-order valence-electron chi connectivity index (χ4n) is 2.01. The minimum atomic E-state index is 0.455. The first-order valence-electron chi connectivity index (χ1n) is 6.70. The molecule has 0 spiro atoms. The summed E-state index contributed by atoms with van der Waals surface area (Å²) in [4.78, 5) is 2.07. The maximum atomic E-state index is 5.32. The molecule has 18 heavy (non-hydrogen) atoms. The molecular formula is C16H24N2. The van der Waals surface area contributed by atoms with Crippen molar-refractivity contribution in [3.63, 3.8) is 0 Å². The van der Waals surface area contributed by atoms with E-state index in [0.29, 0.717) is 12.6 Å². The molecule has 0 saturated carbocycles. The van der Waals surface area contributed by atoms with E-state index in [9.17, 15) is 0 Å². The maximum absolute atomic E-state index is 5.32. The van der Waals surface area contributed by atoms with Gasteiger partial charge < -0.3 is 10.2 Å². The third kappa shape index (κ3) is 4.09. The van der Waals surface area contributed by atoms with E-state index < -0.39 is 0 Å². The molecule has 0 fully saturated rings.